The fourth-order valence-corrected chi connectivity index (χ4v) is 4.95. The molecule has 4 heteroatoms. The van der Waals surface area contributed by atoms with Crippen LogP contribution in [0.15, 0.2) is 0 Å². The molecular weight excluding hydrogens is 266 g/mol. The molecule has 0 heterocycles. The molecule has 19 heavy (non-hydrogen) atoms. The van der Waals surface area contributed by atoms with E-state index in [0.29, 0.717) is 5.04 Å². The number of rotatable bonds is 9. The van der Waals surface area contributed by atoms with Gasteiger partial charge >= 0.3 is 0 Å². The summed E-state index contributed by atoms with van der Waals surface area (Å²) in [5.74, 6) is 0. The van der Waals surface area contributed by atoms with Crippen molar-refractivity contribution in [3.8, 4) is 0 Å². The number of unbranched alkanes of at least 4 members (excludes halogenated alkanes) is 1. The molecule has 0 spiro atoms. The Hall–Kier alpha value is 0.354. The summed E-state index contributed by atoms with van der Waals surface area (Å²) >= 11 is 0. The Labute approximate surface area is 123 Å². The van der Waals surface area contributed by atoms with Gasteiger partial charge < -0.3 is 9.41 Å². The minimum atomic E-state index is -1.41. The van der Waals surface area contributed by atoms with E-state index < -0.39 is 16.6 Å². The molecule has 0 rings (SSSR count). The van der Waals surface area contributed by atoms with Crippen molar-refractivity contribution in [2.75, 3.05) is 13.2 Å². The highest BCUT2D eigenvalue weighted by Gasteiger charge is 2.34. The zero-order valence-corrected chi connectivity index (χ0v) is 16.7. The first-order chi connectivity index (χ1) is 8.52. The van der Waals surface area contributed by atoms with E-state index in [1.54, 1.807) is 0 Å². The summed E-state index contributed by atoms with van der Waals surface area (Å²) < 4.78 is 6.09. The van der Waals surface area contributed by atoms with Crippen LogP contribution in [0.4, 0.5) is 0 Å². The third kappa shape index (κ3) is 8.28. The maximum absolute atomic E-state index is 6.09. The maximum Gasteiger partial charge on any atom is 0.186 e. The van der Waals surface area contributed by atoms with Crippen LogP contribution in [0.2, 0.25) is 37.3 Å². The normalized spacial score (nSPS) is 13.9. The summed E-state index contributed by atoms with van der Waals surface area (Å²) in [5.41, 5.74) is 0. The van der Waals surface area contributed by atoms with E-state index in [1.165, 1.54) is 25.3 Å². The molecule has 0 atom stereocenters. The Balaban J connectivity index is 3.91. The van der Waals surface area contributed by atoms with Crippen LogP contribution in [0.25, 0.3) is 0 Å². The second-order valence-electron chi connectivity index (χ2n) is 7.87. The molecule has 0 saturated carbocycles. The lowest BCUT2D eigenvalue weighted by molar-refractivity contribution is 0.298. The number of nitrogens with one attached hydrogen (secondary N) is 1. The fraction of sp³-hybridized carbons (Fsp3) is 1.00. The van der Waals surface area contributed by atoms with Crippen LogP contribution in [0.3, 0.4) is 0 Å². The van der Waals surface area contributed by atoms with Gasteiger partial charge in [-0.05, 0) is 43.6 Å². The first-order valence-electron chi connectivity index (χ1n) is 7.91. The molecule has 0 saturated heterocycles. The third-order valence-corrected chi connectivity index (χ3v) is 11.8. The SMILES string of the molecule is CCCCO[Si](C)(C)CCCN[Si](C)(C)C(C)(C)C. The standard InChI is InChI=1S/C15H37NOSi2/c1-9-10-13-17-18(5,6)14-11-12-16-19(7,8)15(2,3)4/h16H,9-14H2,1-8H3. The average molecular weight is 304 g/mol. The van der Waals surface area contributed by atoms with Gasteiger partial charge in [-0.25, -0.2) is 0 Å². The zero-order chi connectivity index (χ0) is 15.2. The van der Waals surface area contributed by atoms with E-state index in [-0.39, 0.29) is 0 Å². The zero-order valence-electron chi connectivity index (χ0n) is 14.7. The molecule has 0 unspecified atom stereocenters. The van der Waals surface area contributed by atoms with Crippen LogP contribution < -0.4 is 4.98 Å². The summed E-state index contributed by atoms with van der Waals surface area (Å²) in [5, 5.41) is 0.428. The highest BCUT2D eigenvalue weighted by Crippen LogP contribution is 2.33. The van der Waals surface area contributed by atoms with Gasteiger partial charge in [-0.2, -0.15) is 0 Å². The van der Waals surface area contributed by atoms with E-state index in [2.05, 4.69) is 58.9 Å². The Morgan fingerprint density at radius 1 is 1.00 bits per heavy atom. The topological polar surface area (TPSA) is 21.3 Å². The molecule has 0 aliphatic carbocycles. The van der Waals surface area contributed by atoms with Gasteiger partial charge in [0.1, 0.15) is 8.24 Å². The van der Waals surface area contributed by atoms with Gasteiger partial charge in [0.05, 0.1) is 0 Å². The Kier molecular flexibility index (Phi) is 8.11. The summed E-state index contributed by atoms with van der Waals surface area (Å²) in [4.78, 5) is 3.84. The molecule has 1 N–H and O–H groups in total. The third-order valence-electron chi connectivity index (χ3n) is 4.39. The second kappa shape index (κ2) is 7.96. The van der Waals surface area contributed by atoms with Crippen molar-refractivity contribution in [1.82, 2.24) is 4.98 Å². The monoisotopic (exact) mass is 303 g/mol. The smallest absolute Gasteiger partial charge is 0.186 e. The van der Waals surface area contributed by atoms with E-state index in [9.17, 15) is 0 Å². The summed E-state index contributed by atoms with van der Waals surface area (Å²) in [7, 11) is -2.72. The van der Waals surface area contributed by atoms with Crippen LogP contribution in [0, 0.1) is 0 Å². The molecular formula is C15H37NOSi2. The van der Waals surface area contributed by atoms with Gasteiger partial charge in [-0.15, -0.1) is 0 Å². The van der Waals surface area contributed by atoms with E-state index in [4.69, 9.17) is 4.43 Å². The van der Waals surface area contributed by atoms with Gasteiger partial charge in [0.2, 0.25) is 0 Å². The fourth-order valence-electron chi connectivity index (χ4n) is 1.75. The van der Waals surface area contributed by atoms with Crippen molar-refractivity contribution in [3.63, 3.8) is 0 Å². The molecule has 0 aromatic rings. The predicted octanol–water partition coefficient (Wildman–Crippen LogP) is 4.99. The first-order valence-corrected chi connectivity index (χ1v) is 14.0. The maximum atomic E-state index is 6.09. The number of hydrogen-bond donors (Lipinski definition) is 1. The lowest BCUT2D eigenvalue weighted by Gasteiger charge is -2.37. The minimum absolute atomic E-state index is 0.428. The predicted molar refractivity (Wildman–Crippen MR) is 93.0 cm³/mol. The van der Waals surface area contributed by atoms with Gasteiger partial charge in [0.15, 0.2) is 8.32 Å². The van der Waals surface area contributed by atoms with E-state index >= 15 is 0 Å². The summed E-state index contributed by atoms with van der Waals surface area (Å²) in [6.45, 7) is 21.0. The van der Waals surface area contributed by atoms with E-state index in [1.807, 2.05) is 0 Å². The molecule has 0 fully saturated rings. The van der Waals surface area contributed by atoms with Crippen LogP contribution >= 0.6 is 0 Å². The van der Waals surface area contributed by atoms with Crippen molar-refractivity contribution in [3.05, 3.63) is 0 Å². The van der Waals surface area contributed by atoms with E-state index in [0.717, 1.165) is 13.2 Å². The van der Waals surface area contributed by atoms with Crippen LogP contribution in [0.5, 0.6) is 0 Å². The minimum Gasteiger partial charge on any atom is -0.417 e. The van der Waals surface area contributed by atoms with Crippen molar-refractivity contribution in [1.29, 1.82) is 0 Å². The van der Waals surface area contributed by atoms with Crippen LogP contribution in [-0.4, -0.2) is 29.7 Å². The molecule has 0 aliphatic rings. The Bertz CT molecular complexity index is 247. The quantitative estimate of drug-likeness (QED) is 0.478. The summed E-state index contributed by atoms with van der Waals surface area (Å²) in [6, 6.07) is 1.28. The lowest BCUT2D eigenvalue weighted by Crippen LogP contribution is -2.52. The van der Waals surface area contributed by atoms with Gasteiger partial charge in [0.25, 0.3) is 0 Å². The number of hydrogen-bond acceptors (Lipinski definition) is 2. The highest BCUT2D eigenvalue weighted by atomic mass is 28.4. The van der Waals surface area contributed by atoms with Gasteiger partial charge in [-0.1, -0.05) is 47.2 Å². The Morgan fingerprint density at radius 3 is 2.05 bits per heavy atom. The van der Waals surface area contributed by atoms with Crippen LogP contribution in [-0.2, 0) is 4.43 Å². The van der Waals surface area contributed by atoms with Gasteiger partial charge in [0, 0.05) is 6.61 Å². The molecule has 0 radical (unpaired) electrons. The van der Waals surface area contributed by atoms with Crippen molar-refractivity contribution in [2.24, 2.45) is 0 Å². The average Bonchev–Trinajstić information content (AvgIpc) is 2.23. The molecule has 0 bridgehead atoms. The highest BCUT2D eigenvalue weighted by molar-refractivity contribution is 6.77. The first kappa shape index (κ1) is 19.4. The van der Waals surface area contributed by atoms with Crippen molar-refractivity contribution < 1.29 is 4.43 Å². The second-order valence-corrected chi connectivity index (χ2v) is 17.3. The summed E-state index contributed by atoms with van der Waals surface area (Å²) in [6.07, 6.45) is 3.70. The van der Waals surface area contributed by atoms with Crippen LogP contribution in [0.1, 0.15) is 47.0 Å². The molecule has 0 amide bonds. The molecule has 0 aliphatic heterocycles. The molecule has 2 nitrogen and oxygen atoms in total. The molecule has 0 aromatic heterocycles. The van der Waals surface area contributed by atoms with Crippen molar-refractivity contribution in [2.45, 2.75) is 84.2 Å². The van der Waals surface area contributed by atoms with Crippen molar-refractivity contribution >= 4 is 16.6 Å². The molecule has 116 valence electrons. The van der Waals surface area contributed by atoms with Gasteiger partial charge in [-0.3, -0.25) is 0 Å². The molecule has 0 aromatic carbocycles. The largest absolute Gasteiger partial charge is 0.417 e. The Morgan fingerprint density at radius 2 is 1.58 bits per heavy atom. The lowest BCUT2D eigenvalue weighted by atomic mass is 10.2.